The summed E-state index contributed by atoms with van der Waals surface area (Å²) >= 11 is 3.59. The van der Waals surface area contributed by atoms with Crippen molar-refractivity contribution >= 4 is 33.8 Å². The molecule has 0 saturated heterocycles. The van der Waals surface area contributed by atoms with E-state index in [0.717, 1.165) is 35.7 Å². The molecule has 1 unspecified atom stereocenters. The van der Waals surface area contributed by atoms with Crippen molar-refractivity contribution in [2.75, 3.05) is 7.05 Å². The van der Waals surface area contributed by atoms with Crippen LogP contribution in [-0.4, -0.2) is 28.3 Å². The number of hydrogen-bond donors (Lipinski definition) is 1. The van der Waals surface area contributed by atoms with Gasteiger partial charge in [0.1, 0.15) is 0 Å². The van der Waals surface area contributed by atoms with Gasteiger partial charge in [0.05, 0.1) is 19.2 Å². The Morgan fingerprint density at radius 1 is 1.19 bits per heavy atom. The normalized spacial score (nSPS) is 19.3. The van der Waals surface area contributed by atoms with E-state index in [1.165, 1.54) is 15.4 Å². The molecule has 1 aromatic heterocycles. The second-order valence-corrected chi connectivity index (χ2v) is 8.63. The van der Waals surface area contributed by atoms with Crippen LogP contribution in [0.25, 0.3) is 5.57 Å². The van der Waals surface area contributed by atoms with Gasteiger partial charge in [0.2, 0.25) is 0 Å². The van der Waals surface area contributed by atoms with Crippen molar-refractivity contribution in [1.29, 1.82) is 0 Å². The van der Waals surface area contributed by atoms with E-state index in [1.807, 2.05) is 18.2 Å². The molecule has 2 aromatic rings. The summed E-state index contributed by atoms with van der Waals surface area (Å²) in [5.41, 5.74) is 3.44. The molecule has 1 atom stereocenters. The number of rotatable bonds is 4. The van der Waals surface area contributed by atoms with Crippen LogP contribution in [0.1, 0.15) is 28.8 Å². The zero-order valence-electron chi connectivity index (χ0n) is 14.8. The second kappa shape index (κ2) is 7.82. The maximum absolute atomic E-state index is 9.67. The third-order valence-electron chi connectivity index (χ3n) is 4.73. The third-order valence-corrected chi connectivity index (χ3v) is 6.87. The molecule has 0 bridgehead atoms. The number of thioether (sulfide) groups is 1. The summed E-state index contributed by atoms with van der Waals surface area (Å²) in [6, 6.07) is 12.6. The van der Waals surface area contributed by atoms with Crippen LogP contribution in [0.15, 0.2) is 63.8 Å². The van der Waals surface area contributed by atoms with Gasteiger partial charge in [-0.15, -0.1) is 11.3 Å². The molecule has 134 valence electrons. The summed E-state index contributed by atoms with van der Waals surface area (Å²) in [7, 11) is 2.12. The molecular weight excluding hydrogens is 360 g/mol. The van der Waals surface area contributed by atoms with Gasteiger partial charge >= 0.3 is 0 Å². The molecule has 3 nitrogen and oxygen atoms in total. The lowest BCUT2D eigenvalue weighted by molar-refractivity contribution is 0.281. The number of fused-ring (bicyclic) bond motifs is 1. The summed E-state index contributed by atoms with van der Waals surface area (Å²) < 4.78 is 0. The molecule has 0 amide bonds. The maximum Gasteiger partial charge on any atom is 0.164 e. The Balaban J connectivity index is 1.53. The fourth-order valence-corrected chi connectivity index (χ4v) is 5.22. The number of aliphatic hydroxyl groups excluding tert-OH is 1. The second-order valence-electron chi connectivity index (χ2n) is 6.56. The molecule has 2 heterocycles. The third kappa shape index (κ3) is 3.65. The zero-order chi connectivity index (χ0) is 17.9. The largest absolute Gasteiger partial charge is 0.392 e. The predicted molar refractivity (Wildman–Crippen MR) is 112 cm³/mol. The summed E-state index contributed by atoms with van der Waals surface area (Å²) in [6.07, 6.45) is 6.40. The topological polar surface area (TPSA) is 35.8 Å². The number of benzene rings is 1. The van der Waals surface area contributed by atoms with E-state index in [0.29, 0.717) is 0 Å². The van der Waals surface area contributed by atoms with Crippen molar-refractivity contribution in [3.05, 3.63) is 74.8 Å². The van der Waals surface area contributed by atoms with E-state index >= 15 is 0 Å². The van der Waals surface area contributed by atoms with Gasteiger partial charge in [-0.3, -0.25) is 4.99 Å². The summed E-state index contributed by atoms with van der Waals surface area (Å²) in [6.45, 7) is 0.977. The molecule has 1 aliphatic heterocycles. The lowest BCUT2D eigenvalue weighted by Gasteiger charge is -2.16. The molecule has 0 spiro atoms. The van der Waals surface area contributed by atoms with Crippen LogP contribution in [0.4, 0.5) is 0 Å². The molecule has 0 radical (unpaired) electrons. The molecule has 2 aliphatic rings. The standard InChI is InChI=1S/C21H22N2OS2/c1-23(13-17-8-5-11-25-17)21-22-19-12-15(7-4-10-20(19)26-21)18-9-3-2-6-16(18)14-24/h2-3,5-11,19,24H,4,12-14H2,1H3. The number of hydrogen-bond acceptors (Lipinski definition) is 5. The Kier molecular flexibility index (Phi) is 5.29. The van der Waals surface area contributed by atoms with Gasteiger partial charge in [-0.25, -0.2) is 0 Å². The first kappa shape index (κ1) is 17.6. The first-order valence-electron chi connectivity index (χ1n) is 8.82. The van der Waals surface area contributed by atoms with Gasteiger partial charge in [-0.1, -0.05) is 54.2 Å². The average molecular weight is 383 g/mol. The minimum Gasteiger partial charge on any atom is -0.392 e. The quantitative estimate of drug-likeness (QED) is 0.816. The highest BCUT2D eigenvalue weighted by Crippen LogP contribution is 2.40. The minimum absolute atomic E-state index is 0.0747. The Morgan fingerprint density at radius 2 is 2.08 bits per heavy atom. The first-order chi connectivity index (χ1) is 12.7. The van der Waals surface area contributed by atoms with Gasteiger partial charge in [-0.05, 0) is 41.0 Å². The van der Waals surface area contributed by atoms with Crippen LogP contribution in [0.2, 0.25) is 0 Å². The number of thiophene rings is 1. The van der Waals surface area contributed by atoms with Crippen molar-refractivity contribution in [3.8, 4) is 0 Å². The first-order valence-corrected chi connectivity index (χ1v) is 10.5. The van der Waals surface area contributed by atoms with E-state index in [1.54, 1.807) is 23.1 Å². The maximum atomic E-state index is 9.67. The Hall–Kier alpha value is -1.82. The monoisotopic (exact) mass is 382 g/mol. The zero-order valence-corrected chi connectivity index (χ0v) is 16.4. The highest BCUT2D eigenvalue weighted by Gasteiger charge is 2.28. The lowest BCUT2D eigenvalue weighted by Crippen LogP contribution is -2.21. The van der Waals surface area contributed by atoms with Crippen LogP contribution >= 0.6 is 23.1 Å². The van der Waals surface area contributed by atoms with E-state index in [9.17, 15) is 5.11 Å². The van der Waals surface area contributed by atoms with Crippen LogP contribution in [0.5, 0.6) is 0 Å². The van der Waals surface area contributed by atoms with Crippen molar-refractivity contribution in [2.45, 2.75) is 32.0 Å². The van der Waals surface area contributed by atoms with Crippen LogP contribution in [-0.2, 0) is 13.2 Å². The highest BCUT2D eigenvalue weighted by atomic mass is 32.2. The van der Waals surface area contributed by atoms with E-state index in [2.05, 4.69) is 47.7 Å². The molecule has 0 saturated carbocycles. The van der Waals surface area contributed by atoms with Crippen molar-refractivity contribution in [2.24, 2.45) is 4.99 Å². The van der Waals surface area contributed by atoms with Crippen LogP contribution in [0, 0.1) is 0 Å². The molecule has 4 rings (SSSR count). The molecular formula is C21H22N2OS2. The van der Waals surface area contributed by atoms with Crippen LogP contribution < -0.4 is 0 Å². The van der Waals surface area contributed by atoms with Crippen molar-refractivity contribution < 1.29 is 5.11 Å². The fourth-order valence-electron chi connectivity index (χ4n) is 3.40. The van der Waals surface area contributed by atoms with Gasteiger partial charge in [0, 0.05) is 16.8 Å². The predicted octanol–water partition coefficient (Wildman–Crippen LogP) is 4.90. The van der Waals surface area contributed by atoms with Gasteiger partial charge in [0.15, 0.2) is 5.17 Å². The van der Waals surface area contributed by atoms with Gasteiger partial charge < -0.3 is 10.0 Å². The van der Waals surface area contributed by atoms with Gasteiger partial charge in [-0.2, -0.15) is 0 Å². The van der Waals surface area contributed by atoms with E-state index < -0.39 is 0 Å². The average Bonchev–Trinajstić information content (AvgIpc) is 3.27. The Labute approximate surface area is 162 Å². The summed E-state index contributed by atoms with van der Waals surface area (Å²) in [5, 5.41) is 12.9. The fraction of sp³-hybridized carbons (Fsp3) is 0.286. The number of amidine groups is 1. The molecule has 26 heavy (non-hydrogen) atoms. The van der Waals surface area contributed by atoms with Crippen molar-refractivity contribution in [1.82, 2.24) is 4.90 Å². The number of nitrogens with zero attached hydrogens (tertiary/aromatic N) is 2. The Morgan fingerprint density at radius 3 is 2.88 bits per heavy atom. The number of allylic oxidation sites excluding steroid dienone is 2. The number of aliphatic hydroxyl groups is 1. The molecule has 1 N–H and O–H groups in total. The molecule has 0 fully saturated rings. The molecule has 1 aromatic carbocycles. The summed E-state index contributed by atoms with van der Waals surface area (Å²) in [5.74, 6) is 0. The Bertz CT molecular complexity index is 868. The smallest absolute Gasteiger partial charge is 0.164 e. The van der Waals surface area contributed by atoms with Crippen LogP contribution in [0.3, 0.4) is 0 Å². The molecule has 5 heteroatoms. The lowest BCUT2D eigenvalue weighted by atomic mass is 9.95. The minimum atomic E-state index is 0.0747. The SMILES string of the molecule is CN(Cc1cccs1)C1=NC2CC(c3ccccc3CO)=CCC=C2S1. The van der Waals surface area contributed by atoms with E-state index in [4.69, 9.17) is 4.99 Å². The van der Waals surface area contributed by atoms with Gasteiger partial charge in [0.25, 0.3) is 0 Å². The molecule has 1 aliphatic carbocycles. The number of aliphatic imine (C=N–C) groups is 1. The highest BCUT2D eigenvalue weighted by molar-refractivity contribution is 8.17. The van der Waals surface area contributed by atoms with Crippen molar-refractivity contribution in [3.63, 3.8) is 0 Å². The van der Waals surface area contributed by atoms with E-state index in [-0.39, 0.29) is 12.6 Å². The summed E-state index contributed by atoms with van der Waals surface area (Å²) in [4.78, 5) is 9.98.